The van der Waals surface area contributed by atoms with Gasteiger partial charge in [-0.05, 0) is 55.8 Å². The van der Waals surface area contributed by atoms with Crippen LogP contribution < -0.4 is 9.62 Å². The van der Waals surface area contributed by atoms with Gasteiger partial charge in [0, 0.05) is 33.3 Å². The van der Waals surface area contributed by atoms with Crippen LogP contribution in [0.3, 0.4) is 0 Å². The smallest absolute Gasteiger partial charge is 0.267 e. The highest BCUT2D eigenvalue weighted by Gasteiger charge is 2.50. The molecule has 1 aromatic carbocycles. The van der Waals surface area contributed by atoms with Crippen LogP contribution in [0.2, 0.25) is 10.0 Å². The summed E-state index contributed by atoms with van der Waals surface area (Å²) in [6.45, 7) is 3.95. The van der Waals surface area contributed by atoms with Gasteiger partial charge in [0.2, 0.25) is 0 Å². The van der Waals surface area contributed by atoms with Crippen LogP contribution in [0.5, 0.6) is 0 Å². The van der Waals surface area contributed by atoms with Crippen molar-refractivity contribution < 1.29 is 21.9 Å². The van der Waals surface area contributed by atoms with Crippen molar-refractivity contribution in [3.05, 3.63) is 46.1 Å². The standard InChI is InChI=1S/C23H26Cl2F2N4O3S/c1-34-23(13-30-8-6-22(12-30)4-5-22)7-9-31(14-23)17-10-16(24)21(20(27)19(17)25)35(32,33)29-18-3-2-15(26)11-28-18/h2-3,10-11H,4-9,12-14H2,1H3,(H,28,29)/t23-/m1/s1. The molecule has 2 saturated heterocycles. The topological polar surface area (TPSA) is 74.8 Å². The quantitative estimate of drug-likeness (QED) is 0.513. The molecule has 7 nitrogen and oxygen atoms in total. The first-order valence-corrected chi connectivity index (χ1v) is 13.6. The number of halogens is 4. The molecule has 1 N–H and O–H groups in total. The Morgan fingerprint density at radius 2 is 1.91 bits per heavy atom. The van der Waals surface area contributed by atoms with Crippen LogP contribution >= 0.6 is 23.2 Å². The molecule has 1 atom stereocenters. The van der Waals surface area contributed by atoms with Gasteiger partial charge in [-0.1, -0.05) is 23.2 Å². The number of rotatable bonds is 7. The minimum Gasteiger partial charge on any atom is -0.375 e. The first-order valence-electron chi connectivity index (χ1n) is 11.4. The lowest BCUT2D eigenvalue weighted by molar-refractivity contribution is -0.0159. The van der Waals surface area contributed by atoms with Crippen molar-refractivity contribution in [1.29, 1.82) is 0 Å². The lowest BCUT2D eigenvalue weighted by Gasteiger charge is -2.33. The Labute approximate surface area is 213 Å². The predicted octanol–water partition coefficient (Wildman–Crippen LogP) is 4.55. The molecule has 190 valence electrons. The molecule has 1 spiro atoms. The van der Waals surface area contributed by atoms with Crippen molar-refractivity contribution in [3.8, 4) is 0 Å². The molecule has 3 aliphatic rings. The van der Waals surface area contributed by atoms with E-state index >= 15 is 4.39 Å². The minimum absolute atomic E-state index is 0.179. The van der Waals surface area contributed by atoms with Gasteiger partial charge < -0.3 is 9.64 Å². The third-order valence-corrected chi connectivity index (χ3v) is 9.59. The zero-order valence-corrected chi connectivity index (χ0v) is 21.5. The zero-order chi connectivity index (χ0) is 25.0. The summed E-state index contributed by atoms with van der Waals surface area (Å²) in [7, 11) is -2.79. The second kappa shape index (κ2) is 8.99. The van der Waals surface area contributed by atoms with Crippen molar-refractivity contribution in [2.24, 2.45) is 5.41 Å². The van der Waals surface area contributed by atoms with Crippen LogP contribution in [0.15, 0.2) is 29.3 Å². The Balaban J connectivity index is 1.37. The Hall–Kier alpha value is -1.72. The zero-order valence-electron chi connectivity index (χ0n) is 19.2. The molecule has 2 aromatic rings. The summed E-state index contributed by atoms with van der Waals surface area (Å²) in [6, 6.07) is 3.51. The van der Waals surface area contributed by atoms with Crippen molar-refractivity contribution in [2.75, 3.05) is 49.5 Å². The third kappa shape index (κ3) is 4.83. The third-order valence-electron chi connectivity index (χ3n) is 7.41. The van der Waals surface area contributed by atoms with E-state index in [0.29, 0.717) is 24.2 Å². The number of benzene rings is 1. The Kier molecular flexibility index (Phi) is 6.41. The molecule has 2 aliphatic heterocycles. The summed E-state index contributed by atoms with van der Waals surface area (Å²) in [4.78, 5) is 7.18. The number of aromatic nitrogens is 1. The molecule has 12 heteroatoms. The molecular formula is C23H26Cl2F2N4O3S. The Bertz CT molecular complexity index is 1240. The number of anilines is 2. The van der Waals surface area contributed by atoms with Crippen LogP contribution in [0.1, 0.15) is 25.7 Å². The van der Waals surface area contributed by atoms with Gasteiger partial charge in [-0.15, -0.1) is 0 Å². The van der Waals surface area contributed by atoms with Gasteiger partial charge >= 0.3 is 0 Å². The summed E-state index contributed by atoms with van der Waals surface area (Å²) in [5, 5.41) is -0.659. The molecule has 0 bridgehead atoms. The van der Waals surface area contributed by atoms with E-state index in [0.717, 1.165) is 44.4 Å². The molecule has 0 radical (unpaired) electrons. The molecular weight excluding hydrogens is 521 g/mol. The van der Waals surface area contributed by atoms with Crippen LogP contribution in [-0.4, -0.2) is 63.7 Å². The average Bonchev–Trinajstić information content (AvgIpc) is 3.25. The number of nitrogens with one attached hydrogen (secondary N) is 1. The highest BCUT2D eigenvalue weighted by atomic mass is 35.5. The fraction of sp³-hybridized carbons (Fsp3) is 0.522. The Morgan fingerprint density at radius 3 is 2.54 bits per heavy atom. The molecule has 3 heterocycles. The van der Waals surface area contributed by atoms with E-state index in [9.17, 15) is 12.8 Å². The van der Waals surface area contributed by atoms with Gasteiger partial charge in [0.1, 0.15) is 21.6 Å². The SMILES string of the molecule is CO[C@@]1(CN2CCC3(CC3)C2)CCN(c2cc(Cl)c(S(=O)(=O)Nc3ccc(F)cn3)c(F)c2Cl)C1. The molecule has 1 saturated carbocycles. The van der Waals surface area contributed by atoms with Gasteiger partial charge in [0.05, 0.1) is 22.5 Å². The maximum Gasteiger partial charge on any atom is 0.267 e. The predicted molar refractivity (Wildman–Crippen MR) is 131 cm³/mol. The summed E-state index contributed by atoms with van der Waals surface area (Å²) in [5.41, 5.74) is 0.381. The number of hydrogen-bond donors (Lipinski definition) is 1. The highest BCUT2D eigenvalue weighted by molar-refractivity contribution is 7.92. The summed E-state index contributed by atoms with van der Waals surface area (Å²) in [5.74, 6) is -1.98. The van der Waals surface area contributed by atoms with E-state index in [2.05, 4.69) is 14.6 Å². The van der Waals surface area contributed by atoms with Gasteiger partial charge in [-0.2, -0.15) is 0 Å². The van der Waals surface area contributed by atoms with E-state index in [4.69, 9.17) is 27.9 Å². The van der Waals surface area contributed by atoms with Crippen LogP contribution in [0.4, 0.5) is 20.3 Å². The number of ether oxygens (including phenoxy) is 1. The van der Waals surface area contributed by atoms with Crippen LogP contribution in [0.25, 0.3) is 0 Å². The Morgan fingerprint density at radius 1 is 1.14 bits per heavy atom. The molecule has 5 rings (SSSR count). The lowest BCUT2D eigenvalue weighted by atomic mass is 10.0. The highest BCUT2D eigenvalue weighted by Crippen LogP contribution is 2.53. The van der Waals surface area contributed by atoms with E-state index in [1.54, 1.807) is 7.11 Å². The fourth-order valence-electron chi connectivity index (χ4n) is 5.23. The summed E-state index contributed by atoms with van der Waals surface area (Å²) < 4.78 is 62.2. The number of hydrogen-bond acceptors (Lipinski definition) is 6. The summed E-state index contributed by atoms with van der Waals surface area (Å²) >= 11 is 12.6. The molecule has 1 aliphatic carbocycles. The number of likely N-dealkylation sites (tertiary alicyclic amines) is 1. The van der Waals surface area contributed by atoms with Crippen molar-refractivity contribution in [1.82, 2.24) is 9.88 Å². The van der Waals surface area contributed by atoms with E-state index in [-0.39, 0.29) is 15.9 Å². The van der Waals surface area contributed by atoms with Crippen molar-refractivity contribution in [3.63, 3.8) is 0 Å². The fourth-order valence-corrected chi connectivity index (χ4v) is 7.20. The second-order valence-electron chi connectivity index (χ2n) is 9.82. The maximum atomic E-state index is 15.4. The first-order chi connectivity index (χ1) is 16.6. The molecule has 0 unspecified atom stereocenters. The largest absolute Gasteiger partial charge is 0.375 e. The van der Waals surface area contributed by atoms with Crippen LogP contribution in [0, 0.1) is 17.0 Å². The van der Waals surface area contributed by atoms with Gasteiger partial charge in [-0.3, -0.25) is 9.62 Å². The number of nitrogens with zero attached hydrogens (tertiary/aromatic N) is 3. The van der Waals surface area contributed by atoms with E-state index in [1.807, 2.05) is 4.90 Å². The number of sulfonamides is 1. The maximum absolute atomic E-state index is 15.4. The molecule has 35 heavy (non-hydrogen) atoms. The average molecular weight is 547 g/mol. The minimum atomic E-state index is -4.47. The van der Waals surface area contributed by atoms with Crippen LogP contribution in [-0.2, 0) is 14.8 Å². The normalized spacial score (nSPS) is 23.9. The van der Waals surface area contributed by atoms with Gasteiger partial charge in [-0.25, -0.2) is 22.2 Å². The lowest BCUT2D eigenvalue weighted by Crippen LogP contribution is -2.46. The van der Waals surface area contributed by atoms with Crippen molar-refractivity contribution in [2.45, 2.75) is 36.2 Å². The first kappa shape index (κ1) is 25.0. The van der Waals surface area contributed by atoms with Crippen molar-refractivity contribution >= 4 is 44.7 Å². The number of methoxy groups -OCH3 is 1. The van der Waals surface area contributed by atoms with E-state index < -0.39 is 32.2 Å². The summed E-state index contributed by atoms with van der Waals surface area (Å²) in [6.07, 6.45) is 5.38. The van der Waals surface area contributed by atoms with Gasteiger partial charge in [0.15, 0.2) is 5.82 Å². The molecule has 1 aromatic heterocycles. The second-order valence-corrected chi connectivity index (χ2v) is 12.2. The molecule has 3 fully saturated rings. The van der Waals surface area contributed by atoms with E-state index in [1.165, 1.54) is 25.3 Å². The monoisotopic (exact) mass is 546 g/mol. The number of pyridine rings is 1. The van der Waals surface area contributed by atoms with Gasteiger partial charge in [0.25, 0.3) is 10.0 Å². The molecule has 0 amide bonds.